The van der Waals surface area contributed by atoms with Crippen molar-refractivity contribution in [2.45, 2.75) is 20.8 Å². The molecule has 112 valence electrons. The van der Waals surface area contributed by atoms with E-state index in [0.29, 0.717) is 13.2 Å². The van der Waals surface area contributed by atoms with Crippen LogP contribution in [0.3, 0.4) is 0 Å². The van der Waals surface area contributed by atoms with Gasteiger partial charge in [-0.1, -0.05) is 24.3 Å². The number of ether oxygens (including phenoxy) is 2. The van der Waals surface area contributed by atoms with E-state index in [1.54, 1.807) is 0 Å². The van der Waals surface area contributed by atoms with Crippen LogP contribution in [-0.4, -0.2) is 19.8 Å². The number of para-hydroxylation sites is 2. The standard InChI is InChI=1S/C18H23NO2/c1-4-20-17-7-5-6-8-18(17)21-12-11-19-16-13-14(2)9-10-15(16)3/h5-10,13,19H,4,11-12H2,1-3H3. The first-order valence-electron chi connectivity index (χ1n) is 7.36. The zero-order valence-electron chi connectivity index (χ0n) is 13.0. The van der Waals surface area contributed by atoms with Gasteiger partial charge in [0, 0.05) is 12.2 Å². The van der Waals surface area contributed by atoms with E-state index in [0.717, 1.165) is 23.7 Å². The highest BCUT2D eigenvalue weighted by molar-refractivity contribution is 5.52. The van der Waals surface area contributed by atoms with Crippen molar-refractivity contribution >= 4 is 5.69 Å². The van der Waals surface area contributed by atoms with Crippen molar-refractivity contribution in [3.05, 3.63) is 53.6 Å². The number of anilines is 1. The highest BCUT2D eigenvalue weighted by Crippen LogP contribution is 2.26. The Labute approximate surface area is 126 Å². The van der Waals surface area contributed by atoms with E-state index in [2.05, 4.69) is 37.4 Å². The quantitative estimate of drug-likeness (QED) is 0.774. The van der Waals surface area contributed by atoms with Crippen LogP contribution in [0.2, 0.25) is 0 Å². The van der Waals surface area contributed by atoms with Crippen molar-refractivity contribution in [2.75, 3.05) is 25.1 Å². The second-order valence-electron chi connectivity index (χ2n) is 4.97. The van der Waals surface area contributed by atoms with E-state index < -0.39 is 0 Å². The molecule has 0 aromatic heterocycles. The molecule has 0 amide bonds. The van der Waals surface area contributed by atoms with Crippen LogP contribution in [-0.2, 0) is 0 Å². The van der Waals surface area contributed by atoms with Crippen molar-refractivity contribution in [1.82, 2.24) is 0 Å². The molecule has 3 heteroatoms. The molecule has 2 aromatic carbocycles. The van der Waals surface area contributed by atoms with Gasteiger partial charge in [-0.15, -0.1) is 0 Å². The predicted octanol–water partition coefficient (Wildman–Crippen LogP) is 4.19. The van der Waals surface area contributed by atoms with E-state index in [1.165, 1.54) is 11.1 Å². The zero-order valence-corrected chi connectivity index (χ0v) is 13.0. The summed E-state index contributed by atoms with van der Waals surface area (Å²) in [4.78, 5) is 0. The average molecular weight is 285 g/mol. The third-order valence-corrected chi connectivity index (χ3v) is 3.22. The topological polar surface area (TPSA) is 30.5 Å². The first-order chi connectivity index (χ1) is 10.2. The molecule has 0 spiro atoms. The number of hydrogen-bond donors (Lipinski definition) is 1. The van der Waals surface area contributed by atoms with E-state index in [-0.39, 0.29) is 0 Å². The first kappa shape index (κ1) is 15.2. The number of nitrogens with one attached hydrogen (secondary N) is 1. The second-order valence-corrected chi connectivity index (χ2v) is 4.97. The second kappa shape index (κ2) is 7.58. The molecule has 0 atom stereocenters. The molecule has 0 unspecified atom stereocenters. The van der Waals surface area contributed by atoms with Gasteiger partial charge >= 0.3 is 0 Å². The Kier molecular flexibility index (Phi) is 5.50. The molecular weight excluding hydrogens is 262 g/mol. The van der Waals surface area contributed by atoms with Crippen molar-refractivity contribution in [3.63, 3.8) is 0 Å². The Morgan fingerprint density at radius 2 is 1.67 bits per heavy atom. The Morgan fingerprint density at radius 1 is 0.952 bits per heavy atom. The normalized spacial score (nSPS) is 10.2. The van der Waals surface area contributed by atoms with E-state index in [1.807, 2.05) is 31.2 Å². The minimum Gasteiger partial charge on any atom is -0.490 e. The Morgan fingerprint density at radius 3 is 2.38 bits per heavy atom. The summed E-state index contributed by atoms with van der Waals surface area (Å²) in [6, 6.07) is 14.2. The monoisotopic (exact) mass is 285 g/mol. The van der Waals surface area contributed by atoms with Gasteiger partial charge in [-0.2, -0.15) is 0 Å². The summed E-state index contributed by atoms with van der Waals surface area (Å²) in [6.45, 7) is 8.16. The van der Waals surface area contributed by atoms with Gasteiger partial charge in [-0.3, -0.25) is 0 Å². The summed E-state index contributed by atoms with van der Waals surface area (Å²) < 4.78 is 11.3. The fourth-order valence-corrected chi connectivity index (χ4v) is 2.12. The molecule has 21 heavy (non-hydrogen) atoms. The molecule has 0 aliphatic carbocycles. The van der Waals surface area contributed by atoms with Gasteiger partial charge in [0.25, 0.3) is 0 Å². The summed E-state index contributed by atoms with van der Waals surface area (Å²) in [5.74, 6) is 1.59. The minimum absolute atomic E-state index is 0.595. The smallest absolute Gasteiger partial charge is 0.161 e. The van der Waals surface area contributed by atoms with Crippen molar-refractivity contribution < 1.29 is 9.47 Å². The predicted molar refractivity (Wildman–Crippen MR) is 87.5 cm³/mol. The largest absolute Gasteiger partial charge is 0.490 e. The molecule has 0 bridgehead atoms. The van der Waals surface area contributed by atoms with Crippen LogP contribution in [0.5, 0.6) is 11.5 Å². The lowest BCUT2D eigenvalue weighted by molar-refractivity contribution is 0.284. The molecule has 0 fully saturated rings. The van der Waals surface area contributed by atoms with E-state index in [4.69, 9.17) is 9.47 Å². The highest BCUT2D eigenvalue weighted by atomic mass is 16.5. The maximum absolute atomic E-state index is 5.79. The molecule has 0 saturated heterocycles. The number of aryl methyl sites for hydroxylation is 2. The van der Waals surface area contributed by atoms with Gasteiger partial charge in [0.1, 0.15) is 6.61 Å². The third kappa shape index (κ3) is 4.42. The molecule has 2 rings (SSSR count). The molecule has 0 radical (unpaired) electrons. The van der Waals surface area contributed by atoms with Crippen molar-refractivity contribution in [1.29, 1.82) is 0 Å². The van der Waals surface area contributed by atoms with Crippen LogP contribution >= 0.6 is 0 Å². The zero-order chi connectivity index (χ0) is 15.1. The lowest BCUT2D eigenvalue weighted by Crippen LogP contribution is -2.12. The fraction of sp³-hybridized carbons (Fsp3) is 0.333. The average Bonchev–Trinajstić information content (AvgIpc) is 2.49. The third-order valence-electron chi connectivity index (χ3n) is 3.22. The van der Waals surface area contributed by atoms with Crippen LogP contribution in [0.4, 0.5) is 5.69 Å². The minimum atomic E-state index is 0.595. The van der Waals surface area contributed by atoms with Crippen LogP contribution < -0.4 is 14.8 Å². The van der Waals surface area contributed by atoms with Crippen molar-refractivity contribution in [3.8, 4) is 11.5 Å². The number of rotatable bonds is 7. The first-order valence-corrected chi connectivity index (χ1v) is 7.36. The highest BCUT2D eigenvalue weighted by Gasteiger charge is 2.03. The molecule has 0 heterocycles. The molecule has 0 aliphatic rings. The number of hydrogen-bond acceptors (Lipinski definition) is 3. The van der Waals surface area contributed by atoms with Crippen LogP contribution in [0.15, 0.2) is 42.5 Å². The lowest BCUT2D eigenvalue weighted by atomic mass is 10.1. The molecule has 1 N–H and O–H groups in total. The maximum atomic E-state index is 5.79. The van der Waals surface area contributed by atoms with Gasteiger partial charge in [0.2, 0.25) is 0 Å². The van der Waals surface area contributed by atoms with E-state index >= 15 is 0 Å². The molecular formula is C18H23NO2. The summed E-state index contributed by atoms with van der Waals surface area (Å²) >= 11 is 0. The molecule has 0 aliphatic heterocycles. The SMILES string of the molecule is CCOc1ccccc1OCCNc1cc(C)ccc1C. The fourth-order valence-electron chi connectivity index (χ4n) is 2.12. The van der Waals surface area contributed by atoms with Crippen LogP contribution in [0.1, 0.15) is 18.1 Å². The summed E-state index contributed by atoms with van der Waals surface area (Å²) in [5.41, 5.74) is 3.66. The Balaban J connectivity index is 1.86. The Bertz CT molecular complexity index is 581. The van der Waals surface area contributed by atoms with Crippen LogP contribution in [0, 0.1) is 13.8 Å². The summed E-state index contributed by atoms with van der Waals surface area (Å²) in [5, 5.41) is 3.41. The molecule has 0 saturated carbocycles. The Hall–Kier alpha value is -2.16. The molecule has 2 aromatic rings. The number of benzene rings is 2. The molecule has 3 nitrogen and oxygen atoms in total. The summed E-state index contributed by atoms with van der Waals surface area (Å²) in [7, 11) is 0. The van der Waals surface area contributed by atoms with Crippen LogP contribution in [0.25, 0.3) is 0 Å². The maximum Gasteiger partial charge on any atom is 0.161 e. The van der Waals surface area contributed by atoms with Crippen molar-refractivity contribution in [2.24, 2.45) is 0 Å². The van der Waals surface area contributed by atoms with Gasteiger partial charge in [-0.25, -0.2) is 0 Å². The van der Waals surface area contributed by atoms with E-state index in [9.17, 15) is 0 Å². The van der Waals surface area contributed by atoms with Gasteiger partial charge < -0.3 is 14.8 Å². The summed E-state index contributed by atoms with van der Waals surface area (Å²) in [6.07, 6.45) is 0. The van der Waals surface area contributed by atoms with Gasteiger partial charge in [0.05, 0.1) is 6.61 Å². The van der Waals surface area contributed by atoms with Gasteiger partial charge in [0.15, 0.2) is 11.5 Å². The van der Waals surface area contributed by atoms with Gasteiger partial charge in [-0.05, 0) is 50.1 Å². The lowest BCUT2D eigenvalue weighted by Gasteiger charge is -2.13.